The average Bonchev–Trinajstić information content (AvgIpc) is 3.04. The van der Waals surface area contributed by atoms with Crippen LogP contribution in [0.5, 0.6) is 5.75 Å². The molecule has 9 heteroatoms. The molecule has 2 heterocycles. The Morgan fingerprint density at radius 3 is 2.50 bits per heavy atom. The van der Waals surface area contributed by atoms with Gasteiger partial charge in [0.2, 0.25) is 0 Å². The summed E-state index contributed by atoms with van der Waals surface area (Å²) < 4.78 is 7.01. The molecule has 2 aromatic carbocycles. The molecule has 0 bridgehead atoms. The normalized spacial score (nSPS) is 16.0. The second-order valence-electron chi connectivity index (χ2n) is 6.48. The first-order chi connectivity index (χ1) is 13.5. The topological polar surface area (TPSA) is 80.5 Å². The molecule has 7 nitrogen and oxygen atoms in total. The van der Waals surface area contributed by atoms with Crippen LogP contribution in [-0.4, -0.2) is 39.0 Å². The number of rotatable bonds is 4. The van der Waals surface area contributed by atoms with Gasteiger partial charge < -0.3 is 14.7 Å². The molecule has 0 amide bonds. The van der Waals surface area contributed by atoms with Gasteiger partial charge in [0.1, 0.15) is 11.8 Å². The highest BCUT2D eigenvalue weighted by Gasteiger charge is 2.32. The lowest BCUT2D eigenvalue weighted by molar-refractivity contribution is -0.138. The summed E-state index contributed by atoms with van der Waals surface area (Å²) in [5.41, 5.74) is 3.62. The van der Waals surface area contributed by atoms with Crippen molar-refractivity contribution in [2.24, 2.45) is 0 Å². The molecule has 1 N–H and O–H groups in total. The number of anilines is 1. The fourth-order valence-corrected chi connectivity index (χ4v) is 4.08. The highest BCUT2D eigenvalue weighted by Crippen LogP contribution is 2.32. The first-order valence-corrected chi connectivity index (χ1v) is 9.46. The van der Waals surface area contributed by atoms with Gasteiger partial charge in [-0.25, -0.2) is 4.79 Å². The summed E-state index contributed by atoms with van der Waals surface area (Å²) in [5, 5.41) is 18.4. The van der Waals surface area contributed by atoms with E-state index in [1.54, 1.807) is 11.7 Å². The molecule has 1 atom stereocenters. The van der Waals surface area contributed by atoms with Crippen molar-refractivity contribution in [2.75, 3.05) is 12.0 Å². The second-order valence-corrected chi connectivity index (χ2v) is 7.28. The summed E-state index contributed by atoms with van der Waals surface area (Å²) in [5.74, 6) is -0.105. The number of benzene rings is 2. The van der Waals surface area contributed by atoms with Crippen LogP contribution in [0.4, 0.5) is 5.69 Å². The third-order valence-corrected chi connectivity index (χ3v) is 5.46. The number of aliphatic carboxylic acids is 1. The molecule has 0 radical (unpaired) electrons. The van der Waals surface area contributed by atoms with Gasteiger partial charge in [-0.2, -0.15) is 0 Å². The number of aromatic nitrogens is 3. The Morgan fingerprint density at radius 2 is 1.82 bits per heavy atom. The van der Waals surface area contributed by atoms with Crippen LogP contribution in [0.2, 0.25) is 0 Å². The maximum Gasteiger partial charge on any atom is 0.326 e. The number of carboxylic acids is 1. The van der Waals surface area contributed by atoms with Gasteiger partial charge in [0.05, 0.1) is 12.8 Å². The standard InChI is InChI=1S/C19H18N4O3S2/c1-26-15-6-5-11-8-16(17(24)25)22(10-12(11)7-15)13-3-2-4-14(9-13)23-18(27)20-21-19(23)28/h2-7,9,16H,8,10H2,1H3,(H,20,27)(H,21,28)(H,24,25). The third-order valence-electron chi connectivity index (χ3n) is 4.88. The van der Waals surface area contributed by atoms with Gasteiger partial charge in [0, 0.05) is 18.7 Å². The van der Waals surface area contributed by atoms with Crippen LogP contribution < -0.4 is 9.64 Å². The minimum atomic E-state index is -0.860. The molecule has 0 fully saturated rings. The maximum absolute atomic E-state index is 12.0. The van der Waals surface area contributed by atoms with Gasteiger partial charge in [-0.15, -0.1) is 35.5 Å². The molecule has 0 spiro atoms. The molecule has 3 aromatic rings. The number of hydrogen-bond acceptors (Lipinski definition) is 7. The van der Waals surface area contributed by atoms with E-state index in [0.29, 0.717) is 23.3 Å². The highest BCUT2D eigenvalue weighted by atomic mass is 32.1. The molecular formula is C19H18N4O3S2. The second kappa shape index (κ2) is 7.40. The molecule has 1 unspecified atom stereocenters. The number of carboxylic acid groups (broad SMARTS) is 1. The maximum atomic E-state index is 12.0. The van der Waals surface area contributed by atoms with Crippen molar-refractivity contribution in [2.45, 2.75) is 29.3 Å². The predicted molar refractivity (Wildman–Crippen MR) is 110 cm³/mol. The minimum absolute atomic E-state index is 0.408. The molecule has 1 aliphatic rings. The first kappa shape index (κ1) is 18.7. The number of fused-ring (bicyclic) bond motifs is 1. The number of ether oxygens (including phenoxy) is 1. The van der Waals surface area contributed by atoms with Crippen LogP contribution in [-0.2, 0) is 17.8 Å². The minimum Gasteiger partial charge on any atom is -0.497 e. The monoisotopic (exact) mass is 414 g/mol. The summed E-state index contributed by atoms with van der Waals surface area (Å²) >= 11 is 8.64. The SMILES string of the molecule is COc1ccc2c(c1)CN(c1cccc(-n3c(S)nnc3S)c1)C(C(=O)O)C2. The zero-order valence-electron chi connectivity index (χ0n) is 15.0. The molecule has 4 rings (SSSR count). The number of carbonyl (C=O) groups is 1. The number of thiol groups is 2. The van der Waals surface area contributed by atoms with E-state index in [4.69, 9.17) is 4.74 Å². The van der Waals surface area contributed by atoms with Crippen LogP contribution in [0.25, 0.3) is 5.69 Å². The van der Waals surface area contributed by atoms with Gasteiger partial charge >= 0.3 is 5.97 Å². The first-order valence-electron chi connectivity index (χ1n) is 8.57. The number of nitrogens with zero attached hydrogens (tertiary/aromatic N) is 4. The van der Waals surface area contributed by atoms with Gasteiger partial charge in [0.25, 0.3) is 0 Å². The van der Waals surface area contributed by atoms with Gasteiger partial charge in [-0.3, -0.25) is 4.57 Å². The molecule has 28 heavy (non-hydrogen) atoms. The van der Waals surface area contributed by atoms with Crippen molar-refractivity contribution in [3.8, 4) is 11.4 Å². The van der Waals surface area contributed by atoms with E-state index in [-0.39, 0.29) is 0 Å². The van der Waals surface area contributed by atoms with Crippen LogP contribution >= 0.6 is 25.3 Å². The fraction of sp³-hybridized carbons (Fsp3) is 0.211. The van der Waals surface area contributed by atoms with Crippen molar-refractivity contribution in [1.29, 1.82) is 0 Å². The van der Waals surface area contributed by atoms with Crippen molar-refractivity contribution in [3.63, 3.8) is 0 Å². The van der Waals surface area contributed by atoms with Crippen LogP contribution in [0.15, 0.2) is 52.8 Å². The molecular weight excluding hydrogens is 396 g/mol. The van der Waals surface area contributed by atoms with E-state index in [1.807, 2.05) is 47.4 Å². The van der Waals surface area contributed by atoms with Crippen molar-refractivity contribution >= 4 is 36.9 Å². The van der Waals surface area contributed by atoms with Crippen LogP contribution in [0.3, 0.4) is 0 Å². The van der Waals surface area contributed by atoms with E-state index in [9.17, 15) is 9.90 Å². The van der Waals surface area contributed by atoms with Crippen LogP contribution in [0, 0.1) is 0 Å². The van der Waals surface area contributed by atoms with Crippen LogP contribution in [0.1, 0.15) is 11.1 Å². The molecule has 0 aliphatic carbocycles. The molecule has 1 aromatic heterocycles. The van der Waals surface area contributed by atoms with Gasteiger partial charge in [-0.1, -0.05) is 12.1 Å². The van der Waals surface area contributed by atoms with Gasteiger partial charge in [-0.05, 0) is 41.5 Å². The van der Waals surface area contributed by atoms with E-state index in [0.717, 1.165) is 28.3 Å². The molecule has 1 aliphatic heterocycles. The molecule has 0 saturated heterocycles. The summed E-state index contributed by atoms with van der Waals surface area (Å²) in [6.45, 7) is 0.469. The van der Waals surface area contributed by atoms with Crippen molar-refractivity contribution < 1.29 is 14.6 Å². The van der Waals surface area contributed by atoms with E-state index >= 15 is 0 Å². The zero-order chi connectivity index (χ0) is 19.8. The summed E-state index contributed by atoms with van der Waals surface area (Å²) in [4.78, 5) is 13.9. The van der Waals surface area contributed by atoms with E-state index < -0.39 is 12.0 Å². The Kier molecular flexibility index (Phi) is 4.94. The quantitative estimate of drug-likeness (QED) is 0.570. The fourth-order valence-electron chi connectivity index (χ4n) is 3.49. The number of hydrogen-bond donors (Lipinski definition) is 3. The van der Waals surface area contributed by atoms with Crippen molar-refractivity contribution in [1.82, 2.24) is 14.8 Å². The van der Waals surface area contributed by atoms with E-state index in [2.05, 4.69) is 35.5 Å². The Hall–Kier alpha value is -2.65. The zero-order valence-corrected chi connectivity index (χ0v) is 16.8. The summed E-state index contributed by atoms with van der Waals surface area (Å²) in [6, 6.07) is 12.6. The summed E-state index contributed by atoms with van der Waals surface area (Å²) in [7, 11) is 1.62. The smallest absolute Gasteiger partial charge is 0.326 e. The average molecular weight is 415 g/mol. The summed E-state index contributed by atoms with van der Waals surface area (Å²) in [6.07, 6.45) is 0.418. The highest BCUT2D eigenvalue weighted by molar-refractivity contribution is 7.80. The van der Waals surface area contributed by atoms with E-state index in [1.165, 1.54) is 0 Å². The van der Waals surface area contributed by atoms with Crippen molar-refractivity contribution in [3.05, 3.63) is 53.6 Å². The molecule has 0 saturated carbocycles. The Morgan fingerprint density at radius 1 is 1.11 bits per heavy atom. The Bertz CT molecular complexity index is 1030. The third kappa shape index (κ3) is 3.31. The Balaban J connectivity index is 1.76. The lowest BCUT2D eigenvalue weighted by Crippen LogP contribution is -2.45. The van der Waals surface area contributed by atoms with Gasteiger partial charge in [0.15, 0.2) is 10.3 Å². The Labute approximate surface area is 172 Å². The molecule has 144 valence electrons. The lowest BCUT2D eigenvalue weighted by Gasteiger charge is -2.36. The predicted octanol–water partition coefficient (Wildman–Crippen LogP) is 2.87. The lowest BCUT2D eigenvalue weighted by atomic mass is 9.93. The largest absolute Gasteiger partial charge is 0.497 e. The number of methoxy groups -OCH3 is 1.